The quantitative estimate of drug-likeness (QED) is 0.567. The van der Waals surface area contributed by atoms with Crippen LogP contribution in [0.2, 0.25) is 0 Å². The molecule has 154 valence electrons. The first-order valence-corrected chi connectivity index (χ1v) is 10.2. The van der Waals surface area contributed by atoms with Crippen LogP contribution in [0.5, 0.6) is 0 Å². The minimum absolute atomic E-state index is 0.0524. The molecule has 0 bridgehead atoms. The van der Waals surface area contributed by atoms with Crippen molar-refractivity contribution in [2.24, 2.45) is 0 Å². The Bertz CT molecular complexity index is 814. The summed E-state index contributed by atoms with van der Waals surface area (Å²) >= 11 is 0. The molecule has 1 heterocycles. The van der Waals surface area contributed by atoms with Crippen molar-refractivity contribution in [3.8, 4) is 11.1 Å². The molecular weight excluding hydrogens is 366 g/mol. The van der Waals surface area contributed by atoms with Gasteiger partial charge in [-0.3, -0.25) is 9.69 Å². The lowest BCUT2D eigenvalue weighted by atomic mass is 9.98. The molecule has 0 radical (unpaired) electrons. The Kier molecular flexibility index (Phi) is 7.64. The van der Waals surface area contributed by atoms with E-state index < -0.39 is 5.97 Å². The number of aliphatic carboxylic acids is 1. The molecular formula is C23H29N3O3. The Morgan fingerprint density at radius 3 is 2.41 bits per heavy atom. The van der Waals surface area contributed by atoms with Gasteiger partial charge < -0.3 is 15.7 Å². The number of rotatable bonds is 9. The molecule has 0 aliphatic carbocycles. The highest BCUT2D eigenvalue weighted by molar-refractivity contribution is 5.75. The van der Waals surface area contributed by atoms with Crippen molar-refractivity contribution in [3.63, 3.8) is 0 Å². The standard InChI is InChI=1S/C23H29N3O3/c27-22(28)8-5-13-24-23(29)25-16-20-6-1-2-7-21(20)19-11-9-18(10-12-19)17-26-14-3-4-15-26/h1-2,6-7,9-12H,3-5,8,13-17H2,(H,27,28)(H2,24,25,29). The molecule has 1 aliphatic heterocycles. The smallest absolute Gasteiger partial charge is 0.315 e. The molecule has 1 fully saturated rings. The van der Waals surface area contributed by atoms with Gasteiger partial charge in [0.2, 0.25) is 0 Å². The molecule has 2 aromatic carbocycles. The van der Waals surface area contributed by atoms with E-state index in [0.29, 0.717) is 19.5 Å². The summed E-state index contributed by atoms with van der Waals surface area (Å²) in [6.07, 6.45) is 3.07. The lowest BCUT2D eigenvalue weighted by molar-refractivity contribution is -0.137. The molecule has 6 nitrogen and oxygen atoms in total. The number of nitrogens with zero attached hydrogens (tertiary/aromatic N) is 1. The summed E-state index contributed by atoms with van der Waals surface area (Å²) in [4.78, 5) is 24.9. The van der Waals surface area contributed by atoms with Gasteiger partial charge in [0.1, 0.15) is 0 Å². The van der Waals surface area contributed by atoms with E-state index in [-0.39, 0.29) is 12.5 Å². The Morgan fingerprint density at radius 1 is 0.966 bits per heavy atom. The topological polar surface area (TPSA) is 81.7 Å². The van der Waals surface area contributed by atoms with E-state index in [2.05, 4.69) is 45.9 Å². The van der Waals surface area contributed by atoms with Gasteiger partial charge in [-0.15, -0.1) is 0 Å². The maximum absolute atomic E-state index is 11.9. The van der Waals surface area contributed by atoms with Gasteiger partial charge in [0.15, 0.2) is 0 Å². The van der Waals surface area contributed by atoms with Crippen molar-refractivity contribution in [2.45, 2.75) is 38.8 Å². The number of carbonyl (C=O) groups excluding carboxylic acids is 1. The molecule has 0 atom stereocenters. The highest BCUT2D eigenvalue weighted by Crippen LogP contribution is 2.24. The second-order valence-electron chi connectivity index (χ2n) is 7.44. The fraction of sp³-hybridized carbons (Fsp3) is 0.391. The van der Waals surface area contributed by atoms with Gasteiger partial charge in [-0.05, 0) is 54.6 Å². The fourth-order valence-corrected chi connectivity index (χ4v) is 3.62. The molecule has 0 unspecified atom stereocenters. The van der Waals surface area contributed by atoms with E-state index in [0.717, 1.165) is 23.2 Å². The zero-order valence-electron chi connectivity index (χ0n) is 16.7. The monoisotopic (exact) mass is 395 g/mol. The van der Waals surface area contributed by atoms with Gasteiger partial charge in [0.25, 0.3) is 0 Å². The van der Waals surface area contributed by atoms with E-state index in [1.54, 1.807) is 0 Å². The molecule has 0 saturated carbocycles. The number of carboxylic acid groups (broad SMARTS) is 1. The van der Waals surface area contributed by atoms with Gasteiger partial charge in [-0.25, -0.2) is 4.79 Å². The van der Waals surface area contributed by atoms with Crippen molar-refractivity contribution in [1.82, 2.24) is 15.5 Å². The molecule has 2 aromatic rings. The lowest BCUT2D eigenvalue weighted by Gasteiger charge is -2.15. The first-order chi connectivity index (χ1) is 14.1. The van der Waals surface area contributed by atoms with Gasteiger partial charge in [0, 0.05) is 26.1 Å². The number of likely N-dealkylation sites (tertiary alicyclic amines) is 1. The van der Waals surface area contributed by atoms with Crippen LogP contribution in [0.15, 0.2) is 48.5 Å². The normalized spacial score (nSPS) is 13.9. The van der Waals surface area contributed by atoms with Crippen LogP contribution in [0.3, 0.4) is 0 Å². The van der Waals surface area contributed by atoms with Crippen LogP contribution < -0.4 is 10.6 Å². The van der Waals surface area contributed by atoms with Crippen LogP contribution in [0.25, 0.3) is 11.1 Å². The summed E-state index contributed by atoms with van der Waals surface area (Å²) < 4.78 is 0. The number of nitrogens with one attached hydrogen (secondary N) is 2. The van der Waals surface area contributed by atoms with Crippen LogP contribution in [-0.4, -0.2) is 41.6 Å². The number of hydrogen-bond acceptors (Lipinski definition) is 3. The van der Waals surface area contributed by atoms with Gasteiger partial charge in [0.05, 0.1) is 0 Å². The molecule has 2 amide bonds. The van der Waals surface area contributed by atoms with Crippen molar-refractivity contribution >= 4 is 12.0 Å². The van der Waals surface area contributed by atoms with Crippen molar-refractivity contribution in [1.29, 1.82) is 0 Å². The first kappa shape index (κ1) is 20.9. The molecule has 0 aromatic heterocycles. The van der Waals surface area contributed by atoms with Crippen molar-refractivity contribution in [3.05, 3.63) is 59.7 Å². The van der Waals surface area contributed by atoms with E-state index in [9.17, 15) is 9.59 Å². The molecule has 3 rings (SSSR count). The summed E-state index contributed by atoms with van der Waals surface area (Å²) in [5.74, 6) is -0.854. The zero-order valence-corrected chi connectivity index (χ0v) is 16.7. The van der Waals surface area contributed by atoms with Gasteiger partial charge in [-0.2, -0.15) is 0 Å². The van der Waals surface area contributed by atoms with Gasteiger partial charge >= 0.3 is 12.0 Å². The van der Waals surface area contributed by atoms with Crippen LogP contribution in [-0.2, 0) is 17.9 Å². The Labute approximate surface area is 171 Å². The molecule has 29 heavy (non-hydrogen) atoms. The SMILES string of the molecule is O=C(O)CCCNC(=O)NCc1ccccc1-c1ccc(CN2CCCC2)cc1. The number of benzene rings is 2. The van der Waals surface area contributed by atoms with Crippen molar-refractivity contribution in [2.75, 3.05) is 19.6 Å². The van der Waals surface area contributed by atoms with E-state index in [4.69, 9.17) is 5.11 Å². The summed E-state index contributed by atoms with van der Waals surface area (Å²) in [7, 11) is 0. The maximum atomic E-state index is 11.9. The number of amides is 2. The van der Waals surface area contributed by atoms with E-state index in [1.807, 2.05) is 18.2 Å². The fourth-order valence-electron chi connectivity index (χ4n) is 3.62. The second kappa shape index (κ2) is 10.6. The molecule has 0 spiro atoms. The average Bonchev–Trinajstić information content (AvgIpc) is 3.23. The highest BCUT2D eigenvalue weighted by Gasteiger charge is 2.12. The van der Waals surface area contributed by atoms with Gasteiger partial charge in [-0.1, -0.05) is 48.5 Å². The van der Waals surface area contributed by atoms with Crippen LogP contribution in [0.4, 0.5) is 4.79 Å². The number of carboxylic acids is 1. The Morgan fingerprint density at radius 2 is 1.69 bits per heavy atom. The Hall–Kier alpha value is -2.86. The van der Waals surface area contributed by atoms with E-state index >= 15 is 0 Å². The minimum atomic E-state index is -0.854. The third kappa shape index (κ3) is 6.61. The summed E-state index contributed by atoms with van der Waals surface area (Å²) in [5, 5.41) is 14.2. The van der Waals surface area contributed by atoms with Crippen LogP contribution in [0.1, 0.15) is 36.8 Å². The predicted molar refractivity (Wildman–Crippen MR) is 113 cm³/mol. The molecule has 3 N–H and O–H groups in total. The zero-order chi connectivity index (χ0) is 20.5. The summed E-state index contributed by atoms with van der Waals surface area (Å²) in [5.41, 5.74) is 4.60. The van der Waals surface area contributed by atoms with Crippen LogP contribution >= 0.6 is 0 Å². The number of hydrogen-bond donors (Lipinski definition) is 3. The second-order valence-corrected chi connectivity index (χ2v) is 7.44. The van der Waals surface area contributed by atoms with Crippen LogP contribution in [0, 0.1) is 0 Å². The predicted octanol–water partition coefficient (Wildman–Crippen LogP) is 3.61. The number of urea groups is 1. The third-order valence-electron chi connectivity index (χ3n) is 5.18. The largest absolute Gasteiger partial charge is 0.481 e. The highest BCUT2D eigenvalue weighted by atomic mass is 16.4. The summed E-state index contributed by atoms with van der Waals surface area (Å²) in [6.45, 7) is 4.14. The molecule has 6 heteroatoms. The lowest BCUT2D eigenvalue weighted by Crippen LogP contribution is -2.35. The molecule has 1 saturated heterocycles. The third-order valence-corrected chi connectivity index (χ3v) is 5.18. The summed E-state index contributed by atoms with van der Waals surface area (Å²) in [6, 6.07) is 16.4. The van der Waals surface area contributed by atoms with Crippen molar-refractivity contribution < 1.29 is 14.7 Å². The first-order valence-electron chi connectivity index (χ1n) is 10.2. The average molecular weight is 396 g/mol. The minimum Gasteiger partial charge on any atom is -0.481 e. The molecule has 1 aliphatic rings. The Balaban J connectivity index is 1.55. The number of carbonyl (C=O) groups is 2. The maximum Gasteiger partial charge on any atom is 0.315 e. The van der Waals surface area contributed by atoms with E-state index in [1.165, 1.54) is 31.5 Å².